The van der Waals surface area contributed by atoms with Gasteiger partial charge >= 0.3 is 0 Å². The molecule has 3 fully saturated rings. The van der Waals surface area contributed by atoms with E-state index in [1.165, 1.54) is 5.57 Å². The van der Waals surface area contributed by atoms with Crippen LogP contribution < -0.4 is 0 Å². The fourth-order valence-corrected chi connectivity index (χ4v) is 7.01. The number of hydrogen-bond donors (Lipinski definition) is 3. The van der Waals surface area contributed by atoms with E-state index in [0.29, 0.717) is 11.8 Å². The zero-order valence-corrected chi connectivity index (χ0v) is 14.8. The van der Waals surface area contributed by atoms with Gasteiger partial charge in [0.15, 0.2) is 0 Å². The summed E-state index contributed by atoms with van der Waals surface area (Å²) in [5.41, 5.74) is 0.777. The molecule has 4 rings (SSSR count). The van der Waals surface area contributed by atoms with E-state index in [2.05, 4.69) is 19.9 Å². The number of hydrogen-bond acceptors (Lipinski definition) is 3. The Bertz CT molecular complexity index is 539. The van der Waals surface area contributed by atoms with E-state index in [1.54, 1.807) is 0 Å². The van der Waals surface area contributed by atoms with Crippen molar-refractivity contribution in [3.05, 3.63) is 11.6 Å². The maximum Gasteiger partial charge on any atom is 0.0836 e. The molecule has 130 valence electrons. The van der Waals surface area contributed by atoms with Crippen LogP contribution >= 0.6 is 0 Å². The summed E-state index contributed by atoms with van der Waals surface area (Å²) >= 11 is 0. The van der Waals surface area contributed by atoms with Crippen LogP contribution in [0.15, 0.2) is 11.6 Å². The third-order valence-corrected chi connectivity index (χ3v) is 8.16. The van der Waals surface area contributed by atoms with Crippen molar-refractivity contribution in [3.63, 3.8) is 0 Å². The molecule has 3 saturated carbocycles. The van der Waals surface area contributed by atoms with Gasteiger partial charge in [-0.05, 0) is 80.5 Å². The minimum atomic E-state index is -0.813. The molecule has 0 aromatic heterocycles. The Morgan fingerprint density at radius 3 is 2.48 bits per heavy atom. The molecule has 8 atom stereocenters. The van der Waals surface area contributed by atoms with Crippen molar-refractivity contribution >= 4 is 0 Å². The van der Waals surface area contributed by atoms with Gasteiger partial charge in [0.2, 0.25) is 0 Å². The van der Waals surface area contributed by atoms with Crippen molar-refractivity contribution in [2.24, 2.45) is 28.6 Å². The second kappa shape index (κ2) is 4.83. The fourth-order valence-electron chi connectivity index (χ4n) is 7.01. The van der Waals surface area contributed by atoms with Crippen molar-refractivity contribution in [3.8, 4) is 0 Å². The average Bonchev–Trinajstić information content (AvgIpc) is 2.74. The van der Waals surface area contributed by atoms with E-state index >= 15 is 0 Å². The van der Waals surface area contributed by atoms with Gasteiger partial charge in [-0.2, -0.15) is 0 Å². The molecule has 4 aliphatic carbocycles. The van der Waals surface area contributed by atoms with E-state index in [-0.39, 0.29) is 29.0 Å². The van der Waals surface area contributed by atoms with Crippen LogP contribution in [-0.2, 0) is 0 Å². The highest BCUT2D eigenvalue weighted by Crippen LogP contribution is 2.66. The Morgan fingerprint density at radius 1 is 1.00 bits per heavy atom. The zero-order chi connectivity index (χ0) is 16.6. The van der Waals surface area contributed by atoms with E-state index < -0.39 is 5.60 Å². The lowest BCUT2D eigenvalue weighted by Crippen LogP contribution is -2.58. The Balaban J connectivity index is 1.78. The first-order valence-electron chi connectivity index (χ1n) is 9.46. The molecule has 0 spiro atoms. The highest BCUT2D eigenvalue weighted by molar-refractivity contribution is 5.30. The largest absolute Gasteiger partial charge is 0.393 e. The molecule has 3 N–H and O–H groups in total. The molecule has 0 bridgehead atoms. The third-order valence-electron chi connectivity index (χ3n) is 8.16. The van der Waals surface area contributed by atoms with Gasteiger partial charge in [-0.1, -0.05) is 25.5 Å². The summed E-state index contributed by atoms with van der Waals surface area (Å²) in [5, 5.41) is 31.7. The summed E-state index contributed by atoms with van der Waals surface area (Å²) in [7, 11) is 0. The van der Waals surface area contributed by atoms with Crippen LogP contribution in [0.3, 0.4) is 0 Å². The van der Waals surface area contributed by atoms with E-state index in [1.807, 2.05) is 6.92 Å². The Hall–Kier alpha value is -0.380. The molecule has 23 heavy (non-hydrogen) atoms. The monoisotopic (exact) mass is 320 g/mol. The standard InChI is InChI=1S/C20H32O3/c1-18-6-5-15-17(16(18)9-14(22)11-18)20(3,23)10-12-8-13(21)4-7-19(12,15)2/h10,13-17,21-23H,4-9,11H2,1-3H3/t13-,14+,15-,16-,17+,18+,19-,20?/m0/s1. The Labute approximate surface area is 139 Å². The molecule has 3 heteroatoms. The molecular weight excluding hydrogens is 288 g/mol. The van der Waals surface area contributed by atoms with Crippen molar-refractivity contribution in [1.29, 1.82) is 0 Å². The smallest absolute Gasteiger partial charge is 0.0836 e. The molecular formula is C20H32O3. The van der Waals surface area contributed by atoms with E-state index in [4.69, 9.17) is 0 Å². The zero-order valence-electron chi connectivity index (χ0n) is 14.8. The number of aliphatic hydroxyl groups is 3. The summed E-state index contributed by atoms with van der Waals surface area (Å²) in [4.78, 5) is 0. The summed E-state index contributed by atoms with van der Waals surface area (Å²) in [6, 6.07) is 0. The van der Waals surface area contributed by atoms with Crippen LogP contribution in [0.1, 0.15) is 65.7 Å². The minimum absolute atomic E-state index is 0.126. The third kappa shape index (κ3) is 2.19. The first kappa shape index (κ1) is 16.1. The second-order valence-electron chi connectivity index (χ2n) is 9.73. The summed E-state index contributed by atoms with van der Waals surface area (Å²) < 4.78 is 0. The van der Waals surface area contributed by atoms with Crippen molar-refractivity contribution < 1.29 is 15.3 Å². The average molecular weight is 320 g/mol. The van der Waals surface area contributed by atoms with Gasteiger partial charge in [0.25, 0.3) is 0 Å². The SMILES string of the molecule is CC1(O)C=C2C[C@@H](O)CC[C@]2(C)[C@H]2CC[C@]3(C)C[C@H](O)C[C@H]3[C@@H]21. The lowest BCUT2D eigenvalue weighted by Gasteiger charge is -2.61. The number of rotatable bonds is 0. The van der Waals surface area contributed by atoms with Crippen LogP contribution in [0, 0.1) is 28.6 Å². The van der Waals surface area contributed by atoms with Crippen LogP contribution in [0.4, 0.5) is 0 Å². The van der Waals surface area contributed by atoms with Crippen molar-refractivity contribution in [2.45, 2.75) is 83.5 Å². The van der Waals surface area contributed by atoms with Gasteiger partial charge in [0, 0.05) is 0 Å². The highest BCUT2D eigenvalue weighted by Gasteiger charge is 2.62. The summed E-state index contributed by atoms with van der Waals surface area (Å²) in [6.45, 7) is 6.66. The predicted molar refractivity (Wildman–Crippen MR) is 89.7 cm³/mol. The van der Waals surface area contributed by atoms with Gasteiger partial charge in [-0.25, -0.2) is 0 Å². The number of fused-ring (bicyclic) bond motifs is 5. The Kier molecular flexibility index (Phi) is 3.38. The van der Waals surface area contributed by atoms with Gasteiger partial charge in [0.05, 0.1) is 17.8 Å². The Morgan fingerprint density at radius 2 is 1.74 bits per heavy atom. The van der Waals surface area contributed by atoms with Crippen LogP contribution in [0.2, 0.25) is 0 Å². The molecule has 0 radical (unpaired) electrons. The quantitative estimate of drug-likeness (QED) is 0.601. The summed E-state index contributed by atoms with van der Waals surface area (Å²) in [6.07, 6.45) is 8.32. The molecule has 0 aromatic rings. The lowest BCUT2D eigenvalue weighted by molar-refractivity contribution is -0.123. The van der Waals surface area contributed by atoms with Crippen LogP contribution in [0.5, 0.6) is 0 Å². The fraction of sp³-hybridized carbons (Fsp3) is 0.900. The molecule has 0 saturated heterocycles. The highest BCUT2D eigenvalue weighted by atomic mass is 16.3. The maximum atomic E-state index is 11.3. The predicted octanol–water partition coefficient (Wildman–Crippen LogP) is 3.03. The molecule has 0 heterocycles. The van der Waals surface area contributed by atoms with Gasteiger partial charge < -0.3 is 15.3 Å². The first-order chi connectivity index (χ1) is 10.7. The molecule has 4 aliphatic rings. The molecule has 0 aliphatic heterocycles. The van der Waals surface area contributed by atoms with E-state index in [0.717, 1.165) is 44.9 Å². The molecule has 0 amide bonds. The van der Waals surface area contributed by atoms with Gasteiger partial charge in [-0.3, -0.25) is 0 Å². The lowest BCUT2D eigenvalue weighted by atomic mass is 9.45. The maximum absolute atomic E-state index is 11.3. The van der Waals surface area contributed by atoms with E-state index in [9.17, 15) is 15.3 Å². The topological polar surface area (TPSA) is 60.7 Å². The van der Waals surface area contributed by atoms with Crippen LogP contribution in [0.25, 0.3) is 0 Å². The van der Waals surface area contributed by atoms with Crippen molar-refractivity contribution in [2.75, 3.05) is 0 Å². The number of aliphatic hydroxyl groups excluding tert-OH is 2. The molecule has 3 nitrogen and oxygen atoms in total. The van der Waals surface area contributed by atoms with Crippen molar-refractivity contribution in [1.82, 2.24) is 0 Å². The normalized spacial score (nSPS) is 58.9. The molecule has 0 aromatic carbocycles. The van der Waals surface area contributed by atoms with Gasteiger partial charge in [-0.15, -0.1) is 0 Å². The van der Waals surface area contributed by atoms with Crippen LogP contribution in [-0.4, -0.2) is 33.1 Å². The minimum Gasteiger partial charge on any atom is -0.393 e. The first-order valence-corrected chi connectivity index (χ1v) is 9.46. The summed E-state index contributed by atoms with van der Waals surface area (Å²) in [5.74, 6) is 1.13. The molecule has 1 unspecified atom stereocenters. The van der Waals surface area contributed by atoms with Gasteiger partial charge in [0.1, 0.15) is 0 Å². The second-order valence-corrected chi connectivity index (χ2v) is 9.73.